The first-order valence-corrected chi connectivity index (χ1v) is 14.0. The minimum atomic E-state index is -2.75. The van der Waals surface area contributed by atoms with E-state index in [4.69, 9.17) is 8.85 Å². The van der Waals surface area contributed by atoms with E-state index in [1.165, 1.54) is 68.2 Å². The topological polar surface area (TPSA) is 18.5 Å². The van der Waals surface area contributed by atoms with Crippen molar-refractivity contribution in [1.29, 1.82) is 0 Å². The van der Waals surface area contributed by atoms with Crippen molar-refractivity contribution in [1.82, 2.24) is 0 Å². The fourth-order valence-electron chi connectivity index (χ4n) is 4.70. The Balaban J connectivity index is 1.81. The van der Waals surface area contributed by atoms with Crippen LogP contribution in [0.2, 0.25) is 0 Å². The van der Waals surface area contributed by atoms with Gasteiger partial charge in [0, 0.05) is 12.7 Å². The molecule has 1 fully saturated rings. The molecule has 1 aliphatic rings. The van der Waals surface area contributed by atoms with Gasteiger partial charge in [-0.15, -0.1) is 0 Å². The van der Waals surface area contributed by atoms with Gasteiger partial charge in [0.1, 0.15) is 0 Å². The normalized spacial score (nSPS) is 16.1. The van der Waals surface area contributed by atoms with Gasteiger partial charge in [0.2, 0.25) is 0 Å². The van der Waals surface area contributed by atoms with Crippen molar-refractivity contribution in [2.75, 3.05) is 6.61 Å². The lowest BCUT2D eigenvalue weighted by Crippen LogP contribution is -2.65. The zero-order valence-electron chi connectivity index (χ0n) is 19.0. The van der Waals surface area contributed by atoms with Crippen LogP contribution >= 0.6 is 0 Å². The van der Waals surface area contributed by atoms with Gasteiger partial charge in [-0.3, -0.25) is 0 Å². The molecule has 3 rings (SSSR count). The minimum Gasteiger partial charge on any atom is -0.388 e. The lowest BCUT2D eigenvalue weighted by atomic mass is 10.0. The summed E-state index contributed by atoms with van der Waals surface area (Å²) in [4.78, 5) is 0. The molecule has 0 spiro atoms. The fourth-order valence-corrected chi connectivity index (χ4v) is 8.12. The highest BCUT2D eigenvalue weighted by Crippen LogP contribution is 2.30. The van der Waals surface area contributed by atoms with E-state index in [1.54, 1.807) is 0 Å². The molecule has 0 aliphatic heterocycles. The monoisotopic (exact) mass is 424 g/mol. The molecule has 0 bridgehead atoms. The van der Waals surface area contributed by atoms with E-state index < -0.39 is 8.56 Å². The second kappa shape index (κ2) is 12.4. The molecule has 2 aromatic carbocycles. The molecule has 0 radical (unpaired) electrons. The van der Waals surface area contributed by atoms with E-state index >= 15 is 0 Å². The van der Waals surface area contributed by atoms with Crippen LogP contribution < -0.4 is 10.4 Å². The zero-order valence-corrected chi connectivity index (χ0v) is 20.0. The Hall–Kier alpha value is -1.42. The molecule has 2 aromatic rings. The molecule has 2 nitrogen and oxygen atoms in total. The maximum Gasteiger partial charge on any atom is 0.407 e. The Kier molecular flexibility index (Phi) is 9.64. The van der Waals surface area contributed by atoms with E-state index in [0.717, 1.165) is 13.0 Å². The third-order valence-electron chi connectivity index (χ3n) is 6.53. The van der Waals surface area contributed by atoms with Crippen LogP contribution in [0, 0.1) is 5.92 Å². The second-order valence-electron chi connectivity index (χ2n) is 8.83. The summed E-state index contributed by atoms with van der Waals surface area (Å²) in [5.41, 5.74) is 0. The Bertz CT molecular complexity index is 658. The summed E-state index contributed by atoms with van der Waals surface area (Å²) in [7, 11) is -2.75. The van der Waals surface area contributed by atoms with Crippen LogP contribution in [-0.2, 0) is 8.85 Å². The molecule has 3 heteroatoms. The molecule has 30 heavy (non-hydrogen) atoms. The Morgan fingerprint density at radius 3 is 1.90 bits per heavy atom. The van der Waals surface area contributed by atoms with E-state index in [1.807, 2.05) is 0 Å². The van der Waals surface area contributed by atoms with Crippen molar-refractivity contribution in [3.8, 4) is 0 Å². The molecule has 0 aromatic heterocycles. The summed E-state index contributed by atoms with van der Waals surface area (Å²) >= 11 is 0. The average molecular weight is 425 g/mol. The molecule has 0 amide bonds. The number of unbranched alkanes of at least 4 members (excludes halogenated alkanes) is 5. The number of hydrogen-bond acceptors (Lipinski definition) is 2. The maximum atomic E-state index is 7.06. The molecular weight excluding hydrogens is 384 g/mol. The van der Waals surface area contributed by atoms with E-state index in [2.05, 4.69) is 74.5 Å². The lowest BCUT2D eigenvalue weighted by molar-refractivity contribution is 0.0995. The Morgan fingerprint density at radius 1 is 0.800 bits per heavy atom. The van der Waals surface area contributed by atoms with Gasteiger partial charge in [0.05, 0.1) is 0 Å². The standard InChI is InChI=1S/C27H40O2Si/c1-3-4-5-6-7-16-23-28-30(26-19-10-8-11-20-26,27-21-12-9-13-22-27)29-24(2)25-17-14-15-18-25/h8-13,19-22,24-25H,3-7,14-18,23H2,1-2H3. The number of hydrogen-bond donors (Lipinski definition) is 0. The summed E-state index contributed by atoms with van der Waals surface area (Å²) in [6.45, 7) is 5.32. The number of rotatable bonds is 13. The predicted molar refractivity (Wildman–Crippen MR) is 130 cm³/mol. The maximum absolute atomic E-state index is 7.06. The van der Waals surface area contributed by atoms with Gasteiger partial charge < -0.3 is 8.85 Å². The summed E-state index contributed by atoms with van der Waals surface area (Å²) in [5.74, 6) is 0.655. The molecule has 1 aliphatic carbocycles. The van der Waals surface area contributed by atoms with E-state index in [-0.39, 0.29) is 6.10 Å². The Morgan fingerprint density at radius 2 is 1.33 bits per heavy atom. The van der Waals surface area contributed by atoms with Crippen LogP contribution in [0.25, 0.3) is 0 Å². The highest BCUT2D eigenvalue weighted by atomic mass is 28.4. The van der Waals surface area contributed by atoms with Gasteiger partial charge in [-0.2, -0.15) is 0 Å². The minimum absolute atomic E-state index is 0.226. The quantitative estimate of drug-likeness (QED) is 0.281. The van der Waals surface area contributed by atoms with Crippen molar-refractivity contribution in [2.24, 2.45) is 5.92 Å². The Labute approximate surface area is 185 Å². The zero-order chi connectivity index (χ0) is 21.1. The average Bonchev–Trinajstić information content (AvgIpc) is 3.34. The van der Waals surface area contributed by atoms with Crippen LogP contribution in [0.5, 0.6) is 0 Å². The van der Waals surface area contributed by atoms with Crippen LogP contribution in [0.4, 0.5) is 0 Å². The SMILES string of the molecule is CCCCCCCCO[Si](OC(C)C1CCCC1)(c1ccccc1)c1ccccc1. The fraction of sp³-hybridized carbons (Fsp3) is 0.556. The highest BCUT2D eigenvalue weighted by Gasteiger charge is 2.45. The van der Waals surface area contributed by atoms with Gasteiger partial charge in [0.25, 0.3) is 0 Å². The second-order valence-corrected chi connectivity index (χ2v) is 11.7. The third-order valence-corrected chi connectivity index (χ3v) is 10.0. The summed E-state index contributed by atoms with van der Waals surface area (Å²) < 4.78 is 13.9. The van der Waals surface area contributed by atoms with Crippen molar-refractivity contribution >= 4 is 18.9 Å². The van der Waals surface area contributed by atoms with Crippen LogP contribution in [0.1, 0.15) is 78.1 Å². The summed E-state index contributed by atoms with van der Waals surface area (Å²) in [5, 5.41) is 2.46. The number of benzene rings is 2. The first kappa shape index (κ1) is 23.2. The molecule has 0 N–H and O–H groups in total. The van der Waals surface area contributed by atoms with Crippen molar-refractivity contribution < 1.29 is 8.85 Å². The molecule has 0 saturated heterocycles. The van der Waals surface area contributed by atoms with Crippen LogP contribution in [-0.4, -0.2) is 21.3 Å². The van der Waals surface area contributed by atoms with Gasteiger partial charge in [0.15, 0.2) is 0 Å². The molecule has 0 heterocycles. The van der Waals surface area contributed by atoms with Gasteiger partial charge >= 0.3 is 8.56 Å². The van der Waals surface area contributed by atoms with Crippen molar-refractivity contribution in [3.05, 3.63) is 60.7 Å². The smallest absolute Gasteiger partial charge is 0.388 e. The molecule has 164 valence electrons. The highest BCUT2D eigenvalue weighted by molar-refractivity contribution is 6.92. The predicted octanol–water partition coefficient (Wildman–Crippen LogP) is 6.22. The van der Waals surface area contributed by atoms with Crippen LogP contribution in [0.15, 0.2) is 60.7 Å². The van der Waals surface area contributed by atoms with Crippen molar-refractivity contribution in [3.63, 3.8) is 0 Å². The lowest BCUT2D eigenvalue weighted by Gasteiger charge is -2.36. The summed E-state index contributed by atoms with van der Waals surface area (Å²) in [6.07, 6.45) is 13.1. The molecule has 1 saturated carbocycles. The van der Waals surface area contributed by atoms with Gasteiger partial charge in [-0.25, -0.2) is 0 Å². The van der Waals surface area contributed by atoms with Gasteiger partial charge in [-0.1, -0.05) is 113 Å². The van der Waals surface area contributed by atoms with E-state index in [0.29, 0.717) is 5.92 Å². The first-order valence-electron chi connectivity index (χ1n) is 12.2. The molecule has 1 atom stereocenters. The first-order chi connectivity index (χ1) is 14.8. The van der Waals surface area contributed by atoms with E-state index in [9.17, 15) is 0 Å². The van der Waals surface area contributed by atoms with Crippen LogP contribution in [0.3, 0.4) is 0 Å². The van der Waals surface area contributed by atoms with Gasteiger partial charge in [-0.05, 0) is 42.5 Å². The largest absolute Gasteiger partial charge is 0.407 e. The molecular formula is C27H40O2Si. The summed E-state index contributed by atoms with van der Waals surface area (Å²) in [6, 6.07) is 21.5. The molecule has 1 unspecified atom stereocenters. The van der Waals surface area contributed by atoms with Crippen molar-refractivity contribution in [2.45, 2.75) is 84.2 Å². The third kappa shape index (κ3) is 6.29.